The third kappa shape index (κ3) is 2.90. The SMILES string of the molecule is CC(CN)c1cnc(Cc2ccccc2F)s1. The molecule has 0 spiro atoms. The van der Waals surface area contributed by atoms with Crippen LogP contribution in [0.2, 0.25) is 0 Å². The van der Waals surface area contributed by atoms with E-state index in [0.717, 1.165) is 5.01 Å². The monoisotopic (exact) mass is 250 g/mol. The van der Waals surface area contributed by atoms with Crippen molar-refractivity contribution in [3.8, 4) is 0 Å². The van der Waals surface area contributed by atoms with Crippen molar-refractivity contribution >= 4 is 11.3 Å². The van der Waals surface area contributed by atoms with Gasteiger partial charge in [0.05, 0.1) is 5.01 Å². The van der Waals surface area contributed by atoms with Gasteiger partial charge in [0.15, 0.2) is 0 Å². The lowest BCUT2D eigenvalue weighted by atomic mass is 10.1. The Bertz CT molecular complexity index is 496. The fourth-order valence-corrected chi connectivity index (χ4v) is 2.56. The number of hydrogen-bond acceptors (Lipinski definition) is 3. The number of nitrogens with zero attached hydrogens (tertiary/aromatic N) is 1. The minimum atomic E-state index is -0.170. The second-order valence-electron chi connectivity index (χ2n) is 4.06. The summed E-state index contributed by atoms with van der Waals surface area (Å²) in [5.41, 5.74) is 6.30. The maximum absolute atomic E-state index is 13.5. The van der Waals surface area contributed by atoms with Gasteiger partial charge in [-0.3, -0.25) is 0 Å². The molecule has 17 heavy (non-hydrogen) atoms. The first-order chi connectivity index (χ1) is 8.20. The molecule has 0 radical (unpaired) electrons. The molecule has 2 rings (SSSR count). The van der Waals surface area contributed by atoms with E-state index >= 15 is 0 Å². The van der Waals surface area contributed by atoms with Crippen molar-refractivity contribution in [2.75, 3.05) is 6.54 Å². The van der Waals surface area contributed by atoms with Gasteiger partial charge in [-0.15, -0.1) is 11.3 Å². The van der Waals surface area contributed by atoms with Crippen molar-refractivity contribution in [2.45, 2.75) is 19.3 Å². The first kappa shape index (κ1) is 12.2. The molecule has 1 aromatic carbocycles. The van der Waals surface area contributed by atoms with Crippen molar-refractivity contribution in [1.82, 2.24) is 4.98 Å². The Morgan fingerprint density at radius 2 is 2.18 bits per heavy atom. The molecule has 0 saturated carbocycles. The van der Waals surface area contributed by atoms with Crippen molar-refractivity contribution < 1.29 is 4.39 Å². The van der Waals surface area contributed by atoms with Crippen LogP contribution >= 0.6 is 11.3 Å². The highest BCUT2D eigenvalue weighted by Gasteiger charge is 2.10. The molecular formula is C13H15FN2S. The van der Waals surface area contributed by atoms with Gasteiger partial charge in [0.2, 0.25) is 0 Å². The summed E-state index contributed by atoms with van der Waals surface area (Å²) >= 11 is 1.61. The van der Waals surface area contributed by atoms with Crippen molar-refractivity contribution in [3.63, 3.8) is 0 Å². The zero-order valence-electron chi connectivity index (χ0n) is 9.69. The van der Waals surface area contributed by atoms with E-state index < -0.39 is 0 Å². The minimum absolute atomic E-state index is 0.170. The number of benzene rings is 1. The Kier molecular flexibility index (Phi) is 3.86. The normalized spacial score (nSPS) is 12.6. The van der Waals surface area contributed by atoms with Crippen LogP contribution in [0.25, 0.3) is 0 Å². The molecule has 1 atom stereocenters. The van der Waals surface area contributed by atoms with Crippen LogP contribution in [0.4, 0.5) is 4.39 Å². The minimum Gasteiger partial charge on any atom is -0.330 e. The Hall–Kier alpha value is -1.26. The molecule has 0 saturated heterocycles. The standard InChI is InChI=1S/C13H15FN2S/c1-9(7-15)12-8-16-13(17-12)6-10-4-2-3-5-11(10)14/h2-5,8-9H,6-7,15H2,1H3. The van der Waals surface area contributed by atoms with Gasteiger partial charge in [0, 0.05) is 23.4 Å². The zero-order valence-corrected chi connectivity index (χ0v) is 10.5. The average Bonchev–Trinajstić information content (AvgIpc) is 2.80. The Labute approximate surface area is 104 Å². The van der Waals surface area contributed by atoms with E-state index in [1.807, 2.05) is 12.3 Å². The molecule has 2 aromatic rings. The number of thiazole rings is 1. The van der Waals surface area contributed by atoms with E-state index in [9.17, 15) is 4.39 Å². The Morgan fingerprint density at radius 3 is 2.88 bits per heavy atom. The Balaban J connectivity index is 2.14. The summed E-state index contributed by atoms with van der Waals surface area (Å²) in [6.45, 7) is 2.68. The largest absolute Gasteiger partial charge is 0.330 e. The van der Waals surface area contributed by atoms with Gasteiger partial charge in [0.1, 0.15) is 5.82 Å². The maximum Gasteiger partial charge on any atom is 0.126 e. The van der Waals surface area contributed by atoms with Gasteiger partial charge in [-0.25, -0.2) is 9.37 Å². The van der Waals surface area contributed by atoms with Crippen molar-refractivity contribution in [2.24, 2.45) is 5.73 Å². The molecule has 0 fully saturated rings. The molecule has 0 aliphatic heterocycles. The summed E-state index contributed by atoms with van der Waals surface area (Å²) in [7, 11) is 0. The van der Waals surface area contributed by atoms with E-state index in [1.165, 1.54) is 10.9 Å². The highest BCUT2D eigenvalue weighted by atomic mass is 32.1. The van der Waals surface area contributed by atoms with Crippen LogP contribution in [0.1, 0.15) is 28.3 Å². The molecule has 0 amide bonds. The van der Waals surface area contributed by atoms with Gasteiger partial charge in [-0.1, -0.05) is 25.1 Å². The lowest BCUT2D eigenvalue weighted by Crippen LogP contribution is -2.07. The smallest absolute Gasteiger partial charge is 0.126 e. The molecule has 0 aliphatic rings. The second-order valence-corrected chi connectivity index (χ2v) is 5.21. The lowest BCUT2D eigenvalue weighted by molar-refractivity contribution is 0.614. The van der Waals surface area contributed by atoms with Gasteiger partial charge >= 0.3 is 0 Å². The third-order valence-corrected chi connectivity index (χ3v) is 3.94. The van der Waals surface area contributed by atoms with Gasteiger partial charge in [-0.2, -0.15) is 0 Å². The van der Waals surface area contributed by atoms with E-state index in [4.69, 9.17) is 5.73 Å². The second kappa shape index (κ2) is 5.38. The van der Waals surface area contributed by atoms with E-state index in [-0.39, 0.29) is 5.82 Å². The molecule has 2 N–H and O–H groups in total. The van der Waals surface area contributed by atoms with Gasteiger partial charge in [0.25, 0.3) is 0 Å². The molecule has 4 heteroatoms. The molecular weight excluding hydrogens is 235 g/mol. The molecule has 1 unspecified atom stereocenters. The lowest BCUT2D eigenvalue weighted by Gasteiger charge is -2.02. The van der Waals surface area contributed by atoms with Crippen molar-refractivity contribution in [3.05, 3.63) is 51.7 Å². The van der Waals surface area contributed by atoms with Crippen molar-refractivity contribution in [1.29, 1.82) is 0 Å². The number of halogens is 1. The average molecular weight is 250 g/mol. The fourth-order valence-electron chi connectivity index (χ4n) is 1.55. The van der Waals surface area contributed by atoms with E-state index in [2.05, 4.69) is 11.9 Å². The van der Waals surface area contributed by atoms with Crippen LogP contribution in [0.15, 0.2) is 30.5 Å². The molecule has 1 heterocycles. The third-order valence-electron chi connectivity index (χ3n) is 2.71. The zero-order chi connectivity index (χ0) is 12.3. The van der Waals surface area contributed by atoms with Gasteiger partial charge < -0.3 is 5.73 Å². The fraction of sp³-hybridized carbons (Fsp3) is 0.308. The summed E-state index contributed by atoms with van der Waals surface area (Å²) in [6, 6.07) is 6.81. The molecule has 2 nitrogen and oxygen atoms in total. The Morgan fingerprint density at radius 1 is 1.41 bits per heavy atom. The summed E-state index contributed by atoms with van der Waals surface area (Å²) in [6.07, 6.45) is 2.40. The van der Waals surface area contributed by atoms with Gasteiger partial charge in [-0.05, 0) is 18.2 Å². The highest BCUT2D eigenvalue weighted by Crippen LogP contribution is 2.24. The van der Waals surface area contributed by atoms with Crippen LogP contribution in [-0.4, -0.2) is 11.5 Å². The molecule has 0 bridgehead atoms. The predicted octanol–water partition coefficient (Wildman–Crippen LogP) is 2.94. The van der Waals surface area contributed by atoms with E-state index in [1.54, 1.807) is 23.5 Å². The number of nitrogens with two attached hydrogens (primary N) is 1. The topological polar surface area (TPSA) is 38.9 Å². The van der Waals surface area contributed by atoms with Crippen LogP contribution in [0.5, 0.6) is 0 Å². The summed E-state index contributed by atoms with van der Waals surface area (Å²) in [4.78, 5) is 5.48. The quantitative estimate of drug-likeness (QED) is 0.906. The molecule has 0 aliphatic carbocycles. The van der Waals surface area contributed by atoms with E-state index in [0.29, 0.717) is 24.4 Å². The van der Waals surface area contributed by atoms with Crippen LogP contribution in [-0.2, 0) is 6.42 Å². The maximum atomic E-state index is 13.5. The van der Waals surface area contributed by atoms with Crippen LogP contribution in [0.3, 0.4) is 0 Å². The highest BCUT2D eigenvalue weighted by molar-refractivity contribution is 7.11. The number of hydrogen-bond donors (Lipinski definition) is 1. The summed E-state index contributed by atoms with van der Waals surface area (Å²) < 4.78 is 13.5. The first-order valence-corrected chi connectivity index (χ1v) is 6.40. The van der Waals surface area contributed by atoms with Crippen LogP contribution in [0, 0.1) is 5.82 Å². The number of aromatic nitrogens is 1. The summed E-state index contributed by atoms with van der Waals surface area (Å²) in [5.74, 6) is 0.151. The molecule has 1 aromatic heterocycles. The van der Waals surface area contributed by atoms with Crippen LogP contribution < -0.4 is 5.73 Å². The first-order valence-electron chi connectivity index (χ1n) is 5.58. The predicted molar refractivity (Wildman–Crippen MR) is 68.8 cm³/mol. The molecule has 90 valence electrons. The summed E-state index contributed by atoms with van der Waals surface area (Å²) in [5, 5.41) is 0.936. The number of rotatable bonds is 4.